The first-order chi connectivity index (χ1) is 26.0. The molecule has 0 bridgehead atoms. The lowest BCUT2D eigenvalue weighted by Gasteiger charge is -2.21. The van der Waals surface area contributed by atoms with Crippen molar-refractivity contribution in [3.05, 3.63) is 169 Å². The quantitative estimate of drug-likeness (QED) is 0.186. The van der Waals surface area contributed by atoms with Crippen LogP contribution < -0.4 is 0 Å². The van der Waals surface area contributed by atoms with E-state index in [0.717, 1.165) is 60.7 Å². The molecule has 3 aromatic heterocycles. The second-order valence-electron chi connectivity index (χ2n) is 14.4. The highest BCUT2D eigenvalue weighted by Crippen LogP contribution is 2.49. The normalized spacial score (nSPS) is 13.2. The Morgan fingerprint density at radius 1 is 0.453 bits per heavy atom. The second kappa shape index (κ2) is 11.1. The lowest BCUT2D eigenvalue weighted by atomic mass is 9.82. The molecule has 11 rings (SSSR count). The number of hydrogen-bond acceptors (Lipinski definition) is 4. The number of aromatic nitrogens is 4. The third-order valence-electron chi connectivity index (χ3n) is 11.1. The Hall–Kier alpha value is -6.85. The smallest absolute Gasteiger partial charge is 0.167 e. The molecule has 0 amide bonds. The molecule has 0 spiro atoms. The zero-order valence-electron chi connectivity index (χ0n) is 29.2. The molecule has 0 fully saturated rings. The Kier molecular flexibility index (Phi) is 6.23. The molecular formula is C48H32N4O. The fourth-order valence-electron chi connectivity index (χ4n) is 8.48. The van der Waals surface area contributed by atoms with Crippen molar-refractivity contribution in [2.45, 2.75) is 19.3 Å². The molecule has 5 heteroatoms. The summed E-state index contributed by atoms with van der Waals surface area (Å²) in [7, 11) is 0. The van der Waals surface area contributed by atoms with Gasteiger partial charge < -0.3 is 8.98 Å². The van der Waals surface area contributed by atoms with Crippen LogP contribution in [0.2, 0.25) is 0 Å². The Labute approximate surface area is 305 Å². The fourth-order valence-corrected chi connectivity index (χ4v) is 8.48. The summed E-state index contributed by atoms with van der Waals surface area (Å²) in [5.41, 5.74) is 12.7. The van der Waals surface area contributed by atoms with Crippen LogP contribution in [0.4, 0.5) is 0 Å². The SMILES string of the molecule is CC1(C)c2ccccc2-c2ccc(-c3nc(-c4ccccc4)nc(-c4cccc5c4oc4cc6c7ccccc7n(-c7ccccc7)c6cc45)n3)cc21. The van der Waals surface area contributed by atoms with E-state index in [1.54, 1.807) is 0 Å². The highest BCUT2D eigenvalue weighted by molar-refractivity contribution is 6.18. The minimum Gasteiger partial charge on any atom is -0.455 e. The molecule has 0 radical (unpaired) electrons. The first kappa shape index (κ1) is 29.8. The van der Waals surface area contributed by atoms with E-state index in [1.807, 2.05) is 30.3 Å². The second-order valence-corrected chi connectivity index (χ2v) is 14.4. The van der Waals surface area contributed by atoms with Gasteiger partial charge in [0, 0.05) is 43.8 Å². The molecule has 0 atom stereocenters. The van der Waals surface area contributed by atoms with Gasteiger partial charge in [-0.1, -0.05) is 129 Å². The van der Waals surface area contributed by atoms with E-state index in [0.29, 0.717) is 17.5 Å². The summed E-state index contributed by atoms with van der Waals surface area (Å²) in [5.74, 6) is 1.83. The van der Waals surface area contributed by atoms with Crippen molar-refractivity contribution in [1.29, 1.82) is 0 Å². The lowest BCUT2D eigenvalue weighted by Crippen LogP contribution is -2.15. The molecule has 53 heavy (non-hydrogen) atoms. The van der Waals surface area contributed by atoms with Crippen LogP contribution in [-0.2, 0) is 5.41 Å². The van der Waals surface area contributed by atoms with Gasteiger partial charge in [-0.2, -0.15) is 0 Å². The largest absolute Gasteiger partial charge is 0.455 e. The highest BCUT2D eigenvalue weighted by atomic mass is 16.3. The number of fused-ring (bicyclic) bond motifs is 9. The average molecular weight is 681 g/mol. The Morgan fingerprint density at radius 3 is 1.96 bits per heavy atom. The summed E-state index contributed by atoms with van der Waals surface area (Å²) in [6, 6.07) is 55.3. The molecule has 0 unspecified atom stereocenters. The first-order valence-electron chi connectivity index (χ1n) is 18.0. The molecule has 250 valence electrons. The average Bonchev–Trinajstić information content (AvgIpc) is 3.82. The van der Waals surface area contributed by atoms with Gasteiger partial charge in [0.1, 0.15) is 11.2 Å². The zero-order valence-corrected chi connectivity index (χ0v) is 29.2. The van der Waals surface area contributed by atoms with Crippen molar-refractivity contribution in [3.8, 4) is 51.0 Å². The fraction of sp³-hybridized carbons (Fsp3) is 0.0625. The predicted molar refractivity (Wildman–Crippen MR) is 215 cm³/mol. The van der Waals surface area contributed by atoms with Gasteiger partial charge in [0.2, 0.25) is 0 Å². The molecule has 1 aliphatic rings. The van der Waals surface area contributed by atoms with E-state index in [1.165, 1.54) is 27.6 Å². The van der Waals surface area contributed by atoms with E-state index in [-0.39, 0.29) is 5.41 Å². The van der Waals surface area contributed by atoms with Crippen molar-refractivity contribution in [1.82, 2.24) is 19.5 Å². The molecule has 7 aromatic carbocycles. The minimum atomic E-state index is -0.142. The number of furan rings is 1. The van der Waals surface area contributed by atoms with Gasteiger partial charge in [-0.05, 0) is 64.7 Å². The van der Waals surface area contributed by atoms with Crippen molar-refractivity contribution >= 4 is 43.7 Å². The maximum Gasteiger partial charge on any atom is 0.167 e. The summed E-state index contributed by atoms with van der Waals surface area (Å²) in [4.78, 5) is 15.4. The minimum absolute atomic E-state index is 0.142. The Morgan fingerprint density at radius 2 is 1.11 bits per heavy atom. The Balaban J connectivity index is 1.13. The third kappa shape index (κ3) is 4.40. The van der Waals surface area contributed by atoms with Gasteiger partial charge in [-0.25, -0.2) is 15.0 Å². The van der Waals surface area contributed by atoms with E-state index >= 15 is 0 Å². The van der Waals surface area contributed by atoms with Crippen LogP contribution in [0.5, 0.6) is 0 Å². The van der Waals surface area contributed by atoms with E-state index < -0.39 is 0 Å². The summed E-state index contributed by atoms with van der Waals surface area (Å²) < 4.78 is 9.16. The van der Waals surface area contributed by atoms with Crippen LogP contribution in [0.25, 0.3) is 94.7 Å². The number of nitrogens with zero attached hydrogens (tertiary/aromatic N) is 4. The van der Waals surface area contributed by atoms with Crippen LogP contribution in [0.3, 0.4) is 0 Å². The van der Waals surface area contributed by atoms with Gasteiger partial charge in [-0.3, -0.25) is 0 Å². The van der Waals surface area contributed by atoms with Crippen LogP contribution in [0, 0.1) is 0 Å². The van der Waals surface area contributed by atoms with Crippen LogP contribution in [-0.4, -0.2) is 19.5 Å². The third-order valence-corrected chi connectivity index (χ3v) is 11.1. The molecule has 0 aliphatic heterocycles. The van der Waals surface area contributed by atoms with Gasteiger partial charge in [0.15, 0.2) is 17.5 Å². The molecule has 0 saturated heterocycles. The van der Waals surface area contributed by atoms with E-state index in [2.05, 4.69) is 146 Å². The van der Waals surface area contributed by atoms with Gasteiger partial charge in [0.25, 0.3) is 0 Å². The van der Waals surface area contributed by atoms with Crippen molar-refractivity contribution in [3.63, 3.8) is 0 Å². The maximum atomic E-state index is 6.82. The Bertz CT molecular complexity index is 3080. The van der Waals surface area contributed by atoms with Crippen molar-refractivity contribution in [2.75, 3.05) is 0 Å². The van der Waals surface area contributed by atoms with Crippen molar-refractivity contribution in [2.24, 2.45) is 0 Å². The monoisotopic (exact) mass is 680 g/mol. The molecule has 5 nitrogen and oxygen atoms in total. The number of hydrogen-bond donors (Lipinski definition) is 0. The summed E-state index contributed by atoms with van der Waals surface area (Å²) >= 11 is 0. The van der Waals surface area contributed by atoms with Gasteiger partial charge in [0.05, 0.1) is 16.6 Å². The highest BCUT2D eigenvalue weighted by Gasteiger charge is 2.35. The molecule has 10 aromatic rings. The summed E-state index contributed by atoms with van der Waals surface area (Å²) in [5, 5.41) is 4.40. The first-order valence-corrected chi connectivity index (χ1v) is 18.0. The van der Waals surface area contributed by atoms with Crippen LogP contribution in [0.15, 0.2) is 162 Å². The summed E-state index contributed by atoms with van der Waals surface area (Å²) in [6.07, 6.45) is 0. The standard InChI is InChI=1S/C48H32N4O/c1-48(2)39-22-11-9-18-32(39)33-25-24-30(26-40(33)48)46-49-45(29-14-5-3-6-15-29)50-47(51-46)36-21-13-20-35-38-27-42-37(28-43(38)53-44(35)36)34-19-10-12-23-41(34)52(42)31-16-7-4-8-17-31/h3-28H,1-2H3. The maximum absolute atomic E-state index is 6.82. The predicted octanol–water partition coefficient (Wildman–Crippen LogP) is 12.2. The van der Waals surface area contributed by atoms with Gasteiger partial charge in [-0.15, -0.1) is 0 Å². The van der Waals surface area contributed by atoms with Crippen LogP contribution in [0.1, 0.15) is 25.0 Å². The summed E-state index contributed by atoms with van der Waals surface area (Å²) in [6.45, 7) is 4.59. The molecule has 1 aliphatic carbocycles. The molecule has 0 saturated carbocycles. The lowest BCUT2D eigenvalue weighted by molar-refractivity contribution is 0.660. The number of para-hydroxylation sites is 3. The van der Waals surface area contributed by atoms with Crippen LogP contribution >= 0.6 is 0 Å². The number of rotatable bonds is 4. The molecular weight excluding hydrogens is 649 g/mol. The van der Waals surface area contributed by atoms with E-state index in [4.69, 9.17) is 19.4 Å². The molecule has 0 N–H and O–H groups in total. The molecule has 3 heterocycles. The van der Waals surface area contributed by atoms with Gasteiger partial charge >= 0.3 is 0 Å². The number of benzene rings is 7. The van der Waals surface area contributed by atoms with Crippen molar-refractivity contribution < 1.29 is 4.42 Å². The topological polar surface area (TPSA) is 56.7 Å². The zero-order chi connectivity index (χ0) is 35.3. The van der Waals surface area contributed by atoms with E-state index in [9.17, 15) is 0 Å².